The van der Waals surface area contributed by atoms with Crippen molar-refractivity contribution in [3.05, 3.63) is 36.0 Å². The molecule has 4 rings (SSSR count). The Morgan fingerprint density at radius 1 is 1.11 bits per heavy atom. The highest BCUT2D eigenvalue weighted by atomic mass is 16.6. The van der Waals surface area contributed by atoms with Gasteiger partial charge in [-0.05, 0) is 36.0 Å². The zero-order valence-corrected chi connectivity index (χ0v) is 15.2. The van der Waals surface area contributed by atoms with E-state index in [0.717, 1.165) is 37.0 Å². The van der Waals surface area contributed by atoms with E-state index in [1.54, 1.807) is 0 Å². The van der Waals surface area contributed by atoms with Gasteiger partial charge in [-0.15, -0.1) is 5.10 Å². The molecule has 0 aliphatic heterocycles. The molecule has 1 aromatic carbocycles. The second-order valence-corrected chi connectivity index (χ2v) is 6.57. The van der Waals surface area contributed by atoms with Crippen LogP contribution in [0.15, 0.2) is 40.1 Å². The quantitative estimate of drug-likeness (QED) is 0.523. The predicted molar refractivity (Wildman–Crippen MR) is 102 cm³/mol. The van der Waals surface area contributed by atoms with Gasteiger partial charge < -0.3 is 5.73 Å². The highest BCUT2D eigenvalue weighted by Gasteiger charge is 2.25. The molecule has 0 unspecified atom stereocenters. The summed E-state index contributed by atoms with van der Waals surface area (Å²) in [5.41, 5.74) is 10.7. The van der Waals surface area contributed by atoms with Crippen LogP contribution < -0.4 is 11.2 Å². The summed E-state index contributed by atoms with van der Waals surface area (Å²) in [4.78, 5) is 12.8. The molecule has 144 valence electrons. The molecule has 1 fully saturated rings. The summed E-state index contributed by atoms with van der Waals surface area (Å²) in [5.74, 6) is -0.231. The SMILES string of the molecule is Nc1nonc1-n1nnc(C(=O)NN=C2CCCCCC2)c1-c1ccccc1. The molecule has 2 aromatic heterocycles. The number of nitrogens with one attached hydrogen (secondary N) is 1. The Labute approximate surface area is 160 Å². The summed E-state index contributed by atoms with van der Waals surface area (Å²) in [7, 11) is 0. The van der Waals surface area contributed by atoms with Crippen LogP contribution in [0.3, 0.4) is 0 Å². The van der Waals surface area contributed by atoms with Gasteiger partial charge in [-0.2, -0.15) is 9.78 Å². The first-order valence-electron chi connectivity index (χ1n) is 9.19. The lowest BCUT2D eigenvalue weighted by atomic mass is 10.1. The number of aromatic nitrogens is 5. The average molecular weight is 380 g/mol. The van der Waals surface area contributed by atoms with Gasteiger partial charge in [0.15, 0.2) is 5.69 Å². The monoisotopic (exact) mass is 380 g/mol. The van der Waals surface area contributed by atoms with Gasteiger partial charge in [-0.3, -0.25) is 4.79 Å². The lowest BCUT2D eigenvalue weighted by molar-refractivity contribution is 0.0950. The number of benzene rings is 1. The molecule has 0 spiro atoms. The van der Waals surface area contributed by atoms with Crippen LogP contribution in [0.4, 0.5) is 5.82 Å². The van der Waals surface area contributed by atoms with E-state index in [9.17, 15) is 4.79 Å². The van der Waals surface area contributed by atoms with Gasteiger partial charge in [0.1, 0.15) is 5.69 Å². The largest absolute Gasteiger partial charge is 0.378 e. The number of nitrogen functional groups attached to an aromatic ring is 1. The summed E-state index contributed by atoms with van der Waals surface area (Å²) >= 11 is 0. The maximum atomic E-state index is 12.8. The van der Waals surface area contributed by atoms with E-state index in [0.29, 0.717) is 5.69 Å². The third kappa shape index (κ3) is 3.61. The van der Waals surface area contributed by atoms with Crippen LogP contribution in [0.1, 0.15) is 49.0 Å². The van der Waals surface area contributed by atoms with Gasteiger partial charge in [-0.25, -0.2) is 10.1 Å². The molecule has 1 aliphatic rings. The topological polar surface area (TPSA) is 137 Å². The zero-order chi connectivity index (χ0) is 19.3. The molecular weight excluding hydrogens is 360 g/mol. The minimum atomic E-state index is -0.447. The molecule has 3 aromatic rings. The molecule has 10 nitrogen and oxygen atoms in total. The first-order chi connectivity index (χ1) is 13.7. The van der Waals surface area contributed by atoms with Crippen LogP contribution in [-0.2, 0) is 0 Å². The van der Waals surface area contributed by atoms with E-state index >= 15 is 0 Å². The van der Waals surface area contributed by atoms with E-state index < -0.39 is 5.91 Å². The Hall–Kier alpha value is -3.56. The number of hydrogen-bond acceptors (Lipinski definition) is 8. The molecule has 28 heavy (non-hydrogen) atoms. The van der Waals surface area contributed by atoms with Gasteiger partial charge in [0, 0.05) is 11.3 Å². The average Bonchev–Trinajstić information content (AvgIpc) is 3.25. The molecule has 1 saturated carbocycles. The number of carbonyl (C=O) groups is 1. The molecule has 0 atom stereocenters. The molecule has 0 radical (unpaired) electrons. The number of rotatable bonds is 4. The first-order valence-corrected chi connectivity index (χ1v) is 9.19. The van der Waals surface area contributed by atoms with Crippen molar-refractivity contribution in [3.8, 4) is 17.1 Å². The molecule has 1 aliphatic carbocycles. The van der Waals surface area contributed by atoms with Gasteiger partial charge in [0.05, 0.1) is 0 Å². The Bertz CT molecular complexity index is 982. The maximum Gasteiger partial charge on any atom is 0.294 e. The third-order valence-electron chi connectivity index (χ3n) is 4.63. The lowest BCUT2D eigenvalue weighted by Gasteiger charge is -2.06. The van der Waals surface area contributed by atoms with Gasteiger partial charge in [0.25, 0.3) is 5.91 Å². The fourth-order valence-corrected chi connectivity index (χ4v) is 3.21. The third-order valence-corrected chi connectivity index (χ3v) is 4.63. The minimum absolute atomic E-state index is 0.0488. The molecule has 0 bridgehead atoms. The summed E-state index contributed by atoms with van der Waals surface area (Å²) in [6.45, 7) is 0. The van der Waals surface area contributed by atoms with Crippen molar-refractivity contribution in [1.82, 2.24) is 30.7 Å². The van der Waals surface area contributed by atoms with Crippen molar-refractivity contribution >= 4 is 17.4 Å². The van der Waals surface area contributed by atoms with Gasteiger partial charge in [0.2, 0.25) is 11.6 Å². The number of anilines is 1. The van der Waals surface area contributed by atoms with Crippen LogP contribution in [0.25, 0.3) is 17.1 Å². The summed E-state index contributed by atoms with van der Waals surface area (Å²) in [6, 6.07) is 9.26. The molecule has 1 amide bonds. The Morgan fingerprint density at radius 3 is 2.54 bits per heavy atom. The lowest BCUT2D eigenvalue weighted by Crippen LogP contribution is -2.21. The summed E-state index contributed by atoms with van der Waals surface area (Å²) in [5, 5.41) is 19.7. The minimum Gasteiger partial charge on any atom is -0.378 e. The summed E-state index contributed by atoms with van der Waals surface area (Å²) < 4.78 is 6.01. The standard InChI is InChI=1S/C18H20N8O2/c19-16-17(24-28-23-16)26-15(12-8-4-3-5-9-12)14(21-25-26)18(27)22-20-13-10-6-1-2-7-11-13/h3-5,8-9H,1-2,6-7,10-11H2,(H2,19,23)(H,22,27). The second kappa shape index (κ2) is 7.99. The van der Waals surface area contributed by atoms with Crippen molar-refractivity contribution in [1.29, 1.82) is 0 Å². The van der Waals surface area contributed by atoms with Crippen LogP contribution in [0.2, 0.25) is 0 Å². The number of carbonyl (C=O) groups excluding carboxylic acids is 1. The van der Waals surface area contributed by atoms with E-state index in [1.165, 1.54) is 17.5 Å². The molecule has 3 N–H and O–H groups in total. The maximum absolute atomic E-state index is 12.8. The molecular formula is C18H20N8O2. The van der Waals surface area contributed by atoms with Crippen LogP contribution in [-0.4, -0.2) is 36.9 Å². The first kappa shape index (κ1) is 17.8. The predicted octanol–water partition coefficient (Wildman–Crippen LogP) is 2.34. The summed E-state index contributed by atoms with van der Waals surface area (Å²) in [6.07, 6.45) is 6.40. The Morgan fingerprint density at radius 2 is 1.86 bits per heavy atom. The van der Waals surface area contributed by atoms with Crippen LogP contribution in [0, 0.1) is 0 Å². The van der Waals surface area contributed by atoms with Gasteiger partial charge >= 0.3 is 0 Å². The van der Waals surface area contributed by atoms with Crippen molar-refractivity contribution in [2.24, 2.45) is 5.10 Å². The van der Waals surface area contributed by atoms with Crippen LogP contribution >= 0.6 is 0 Å². The van der Waals surface area contributed by atoms with E-state index in [1.807, 2.05) is 30.3 Å². The van der Waals surface area contributed by atoms with Crippen molar-refractivity contribution in [2.75, 3.05) is 5.73 Å². The fourth-order valence-electron chi connectivity index (χ4n) is 3.21. The number of nitrogens with two attached hydrogens (primary N) is 1. The fraction of sp³-hybridized carbons (Fsp3) is 0.333. The highest BCUT2D eigenvalue weighted by Crippen LogP contribution is 2.26. The van der Waals surface area contributed by atoms with Crippen molar-refractivity contribution in [2.45, 2.75) is 38.5 Å². The Balaban J connectivity index is 1.69. The number of hydrazone groups is 1. The molecule has 2 heterocycles. The molecule has 0 saturated heterocycles. The normalized spacial score (nSPS) is 14.5. The van der Waals surface area contributed by atoms with E-state index in [4.69, 9.17) is 5.73 Å². The van der Waals surface area contributed by atoms with E-state index in [2.05, 4.69) is 35.8 Å². The molecule has 10 heteroatoms. The number of hydrogen-bond donors (Lipinski definition) is 2. The van der Waals surface area contributed by atoms with Crippen molar-refractivity contribution < 1.29 is 9.42 Å². The number of nitrogens with zero attached hydrogens (tertiary/aromatic N) is 6. The number of amides is 1. The van der Waals surface area contributed by atoms with E-state index in [-0.39, 0.29) is 17.3 Å². The van der Waals surface area contributed by atoms with Gasteiger partial charge in [-0.1, -0.05) is 48.4 Å². The second-order valence-electron chi connectivity index (χ2n) is 6.57. The zero-order valence-electron chi connectivity index (χ0n) is 15.2. The highest BCUT2D eigenvalue weighted by molar-refractivity contribution is 5.99. The van der Waals surface area contributed by atoms with Crippen molar-refractivity contribution in [3.63, 3.8) is 0 Å². The Kier molecular flexibility index (Phi) is 5.09. The van der Waals surface area contributed by atoms with Crippen LogP contribution in [0.5, 0.6) is 0 Å². The smallest absolute Gasteiger partial charge is 0.294 e.